The second-order valence-corrected chi connectivity index (χ2v) is 6.43. The lowest BCUT2D eigenvalue weighted by atomic mass is 9.91. The Kier molecular flexibility index (Phi) is 3.48. The third-order valence-electron chi connectivity index (χ3n) is 4.56. The molecule has 1 N–H and O–H groups in total. The number of rotatable bonds is 4. The maximum atomic E-state index is 10.6. The topological polar surface area (TPSA) is 38.7 Å². The zero-order chi connectivity index (χ0) is 13.6. The van der Waals surface area contributed by atoms with E-state index >= 15 is 0 Å². The molecule has 0 heterocycles. The zero-order valence-electron chi connectivity index (χ0n) is 11.2. The van der Waals surface area contributed by atoms with Crippen LogP contribution in [0.3, 0.4) is 0 Å². The molecule has 104 valence electrons. The summed E-state index contributed by atoms with van der Waals surface area (Å²) in [4.78, 5) is 0. The molecule has 4 heteroatoms. The Morgan fingerprint density at radius 2 is 1.84 bits per heavy atom. The monoisotopic (exact) mass is 326 g/mol. The number of methoxy groups -OCH3 is 2. The molecule has 0 saturated heterocycles. The summed E-state index contributed by atoms with van der Waals surface area (Å²) in [7, 11) is 3.25. The van der Waals surface area contributed by atoms with Gasteiger partial charge in [0, 0.05) is 5.56 Å². The normalized spacial score (nSPS) is 29.8. The largest absolute Gasteiger partial charge is 0.495 e. The van der Waals surface area contributed by atoms with Crippen molar-refractivity contribution in [3.63, 3.8) is 0 Å². The first-order chi connectivity index (χ1) is 9.15. The second-order valence-electron chi connectivity index (χ2n) is 5.64. The van der Waals surface area contributed by atoms with E-state index in [1.54, 1.807) is 14.2 Å². The van der Waals surface area contributed by atoms with Gasteiger partial charge in [-0.3, -0.25) is 0 Å². The number of aliphatic hydroxyl groups is 1. The first-order valence-corrected chi connectivity index (χ1v) is 7.53. The van der Waals surface area contributed by atoms with E-state index in [4.69, 9.17) is 9.47 Å². The summed E-state index contributed by atoms with van der Waals surface area (Å²) in [5.74, 6) is 3.52. The summed E-state index contributed by atoms with van der Waals surface area (Å²) < 4.78 is 11.5. The van der Waals surface area contributed by atoms with Crippen LogP contribution >= 0.6 is 15.9 Å². The summed E-state index contributed by atoms with van der Waals surface area (Å²) in [6.07, 6.45) is 3.23. The first-order valence-electron chi connectivity index (χ1n) is 6.74. The number of hydrogen-bond donors (Lipinski definition) is 1. The van der Waals surface area contributed by atoms with Crippen molar-refractivity contribution in [3.8, 4) is 11.5 Å². The fraction of sp³-hybridized carbons (Fsp3) is 0.600. The van der Waals surface area contributed by atoms with Crippen LogP contribution < -0.4 is 9.47 Å². The quantitative estimate of drug-likeness (QED) is 0.919. The molecule has 3 nitrogen and oxygen atoms in total. The van der Waals surface area contributed by atoms with Crippen LogP contribution in [-0.4, -0.2) is 19.3 Å². The van der Waals surface area contributed by atoms with Gasteiger partial charge in [-0.2, -0.15) is 0 Å². The summed E-state index contributed by atoms with van der Waals surface area (Å²) in [5.41, 5.74) is 0.862. The molecule has 3 atom stereocenters. The number of halogens is 1. The van der Waals surface area contributed by atoms with Gasteiger partial charge in [-0.25, -0.2) is 0 Å². The van der Waals surface area contributed by atoms with Crippen LogP contribution in [0.1, 0.15) is 30.9 Å². The Morgan fingerprint density at radius 3 is 2.42 bits per heavy atom. The highest BCUT2D eigenvalue weighted by Crippen LogP contribution is 2.58. The number of ether oxygens (including phenoxy) is 2. The molecule has 2 saturated carbocycles. The van der Waals surface area contributed by atoms with Gasteiger partial charge in [0.05, 0.1) is 20.3 Å². The molecule has 0 amide bonds. The molecule has 0 radical (unpaired) electrons. The van der Waals surface area contributed by atoms with Crippen LogP contribution in [0.25, 0.3) is 0 Å². The van der Waals surface area contributed by atoms with Gasteiger partial charge in [0.2, 0.25) is 0 Å². The highest BCUT2D eigenvalue weighted by atomic mass is 79.9. The molecule has 0 aromatic heterocycles. The van der Waals surface area contributed by atoms with E-state index in [-0.39, 0.29) is 0 Å². The van der Waals surface area contributed by atoms with Crippen molar-refractivity contribution in [1.82, 2.24) is 0 Å². The first kappa shape index (κ1) is 13.3. The van der Waals surface area contributed by atoms with Crippen molar-refractivity contribution in [2.75, 3.05) is 14.2 Å². The van der Waals surface area contributed by atoms with E-state index in [0.29, 0.717) is 11.7 Å². The summed E-state index contributed by atoms with van der Waals surface area (Å²) in [5, 5.41) is 10.6. The van der Waals surface area contributed by atoms with E-state index < -0.39 is 6.10 Å². The van der Waals surface area contributed by atoms with Gasteiger partial charge in [-0.1, -0.05) is 0 Å². The standard InChI is InChI=1S/C15H19BrO3/c1-18-12-4-3-11(15(19-2)13(12)16)14(17)10-6-8-5-9(8)7-10/h3-4,8-10,14,17H,5-7H2,1-2H3. The minimum absolute atomic E-state index is 0.373. The third-order valence-corrected chi connectivity index (χ3v) is 5.31. The predicted octanol–water partition coefficient (Wildman–Crippen LogP) is 3.55. The molecular weight excluding hydrogens is 308 g/mol. The number of benzene rings is 1. The van der Waals surface area contributed by atoms with Crippen molar-refractivity contribution in [3.05, 3.63) is 22.2 Å². The molecule has 3 rings (SSSR count). The minimum atomic E-state index is -0.440. The van der Waals surface area contributed by atoms with Gasteiger partial charge in [-0.05, 0) is 65.1 Å². The molecule has 2 aliphatic rings. The highest BCUT2D eigenvalue weighted by molar-refractivity contribution is 9.10. The van der Waals surface area contributed by atoms with Crippen LogP contribution in [0.4, 0.5) is 0 Å². The van der Waals surface area contributed by atoms with Gasteiger partial charge in [0.15, 0.2) is 0 Å². The van der Waals surface area contributed by atoms with E-state index in [1.807, 2.05) is 12.1 Å². The lowest BCUT2D eigenvalue weighted by molar-refractivity contribution is 0.101. The van der Waals surface area contributed by atoms with Crippen LogP contribution in [-0.2, 0) is 0 Å². The smallest absolute Gasteiger partial charge is 0.142 e. The van der Waals surface area contributed by atoms with Crippen LogP contribution in [0.2, 0.25) is 0 Å². The molecule has 2 aliphatic carbocycles. The van der Waals surface area contributed by atoms with E-state index in [9.17, 15) is 5.11 Å². The second kappa shape index (κ2) is 4.98. The van der Waals surface area contributed by atoms with E-state index in [2.05, 4.69) is 15.9 Å². The fourth-order valence-corrected chi connectivity index (χ4v) is 4.11. The Bertz CT molecular complexity index is 479. The number of fused-ring (bicyclic) bond motifs is 1. The average molecular weight is 327 g/mol. The van der Waals surface area contributed by atoms with Crippen LogP contribution in [0.5, 0.6) is 11.5 Å². The Balaban J connectivity index is 1.88. The zero-order valence-corrected chi connectivity index (χ0v) is 12.8. The third kappa shape index (κ3) is 2.25. The average Bonchev–Trinajstić information content (AvgIpc) is 3.04. The summed E-state index contributed by atoms with van der Waals surface area (Å²) in [6.45, 7) is 0. The number of aliphatic hydroxyl groups excluding tert-OH is 1. The summed E-state index contributed by atoms with van der Waals surface area (Å²) in [6, 6.07) is 3.79. The maximum Gasteiger partial charge on any atom is 0.142 e. The molecule has 0 aliphatic heterocycles. The van der Waals surface area contributed by atoms with Crippen molar-refractivity contribution in [2.24, 2.45) is 17.8 Å². The van der Waals surface area contributed by atoms with Gasteiger partial charge in [-0.15, -0.1) is 0 Å². The van der Waals surface area contributed by atoms with Crippen LogP contribution in [0, 0.1) is 17.8 Å². The Labute approximate surface area is 122 Å². The van der Waals surface area contributed by atoms with Crippen molar-refractivity contribution >= 4 is 15.9 Å². The van der Waals surface area contributed by atoms with Crippen molar-refractivity contribution < 1.29 is 14.6 Å². The molecule has 19 heavy (non-hydrogen) atoms. The lowest BCUT2D eigenvalue weighted by Crippen LogP contribution is -2.12. The highest BCUT2D eigenvalue weighted by Gasteiger charge is 2.48. The molecule has 3 unspecified atom stereocenters. The van der Waals surface area contributed by atoms with Gasteiger partial charge < -0.3 is 14.6 Å². The molecule has 1 aromatic rings. The van der Waals surface area contributed by atoms with E-state index in [0.717, 1.165) is 40.5 Å². The molecule has 0 spiro atoms. The van der Waals surface area contributed by atoms with Crippen molar-refractivity contribution in [1.29, 1.82) is 0 Å². The maximum absolute atomic E-state index is 10.6. The summed E-state index contributed by atoms with van der Waals surface area (Å²) >= 11 is 3.49. The predicted molar refractivity (Wildman–Crippen MR) is 76.5 cm³/mol. The van der Waals surface area contributed by atoms with Crippen LogP contribution in [0.15, 0.2) is 16.6 Å². The van der Waals surface area contributed by atoms with Gasteiger partial charge in [0.25, 0.3) is 0 Å². The molecule has 0 bridgehead atoms. The lowest BCUT2D eigenvalue weighted by Gasteiger charge is -2.23. The number of hydrogen-bond acceptors (Lipinski definition) is 3. The molecule has 2 fully saturated rings. The Morgan fingerprint density at radius 1 is 1.16 bits per heavy atom. The fourth-order valence-electron chi connectivity index (χ4n) is 3.42. The Hall–Kier alpha value is -0.740. The van der Waals surface area contributed by atoms with Crippen molar-refractivity contribution in [2.45, 2.75) is 25.4 Å². The van der Waals surface area contributed by atoms with E-state index in [1.165, 1.54) is 6.42 Å². The minimum Gasteiger partial charge on any atom is -0.495 e. The van der Waals surface area contributed by atoms with Gasteiger partial charge >= 0.3 is 0 Å². The molecule has 1 aromatic carbocycles. The SMILES string of the molecule is COc1ccc(C(O)C2CC3CC3C2)c(OC)c1Br. The molecular formula is C15H19BrO3. The van der Waals surface area contributed by atoms with Gasteiger partial charge in [0.1, 0.15) is 16.0 Å².